The molecule has 0 saturated heterocycles. The van der Waals surface area contributed by atoms with Crippen LogP contribution in [0.3, 0.4) is 0 Å². The fourth-order valence-corrected chi connectivity index (χ4v) is 1.67. The number of rotatable bonds is 10. The highest BCUT2D eigenvalue weighted by molar-refractivity contribution is 5.82. The van der Waals surface area contributed by atoms with Gasteiger partial charge in [-0.15, -0.1) is 0 Å². The second-order valence-electron chi connectivity index (χ2n) is 4.54. The predicted molar refractivity (Wildman–Crippen MR) is 71.3 cm³/mol. The smallest absolute Gasteiger partial charge is 0.334 e. The summed E-state index contributed by atoms with van der Waals surface area (Å²) in [5, 5.41) is 18.5. The van der Waals surface area contributed by atoms with Gasteiger partial charge in [0.25, 0.3) is 0 Å². The molecule has 0 fully saturated rings. The summed E-state index contributed by atoms with van der Waals surface area (Å²) in [5.41, 5.74) is 0. The first-order chi connectivity index (χ1) is 8.56. The van der Waals surface area contributed by atoms with E-state index in [9.17, 15) is 9.90 Å². The number of aliphatic hydroxyl groups excluding tert-OH is 2. The second kappa shape index (κ2) is 11.1. The minimum atomic E-state index is -0.480. The van der Waals surface area contributed by atoms with Gasteiger partial charge in [0.2, 0.25) is 0 Å². The van der Waals surface area contributed by atoms with E-state index in [0.717, 1.165) is 44.6 Å². The number of carbonyl (C=O) groups excluding carboxylic acids is 1. The Balaban J connectivity index is 3.45. The van der Waals surface area contributed by atoms with Crippen LogP contribution < -0.4 is 0 Å². The summed E-state index contributed by atoms with van der Waals surface area (Å²) >= 11 is 0. The Labute approximate surface area is 110 Å². The molecule has 0 aromatic heterocycles. The first kappa shape index (κ1) is 17.0. The average molecular weight is 258 g/mol. The molecule has 0 aliphatic heterocycles. The van der Waals surface area contributed by atoms with E-state index in [1.165, 1.54) is 0 Å². The van der Waals surface area contributed by atoms with Crippen molar-refractivity contribution in [3.05, 3.63) is 11.8 Å². The minimum Gasteiger partial charge on any atom is -0.512 e. The normalized spacial score (nSPS) is 13.4. The first-order valence-corrected chi connectivity index (χ1v) is 6.80. The van der Waals surface area contributed by atoms with Gasteiger partial charge >= 0.3 is 5.97 Å². The summed E-state index contributed by atoms with van der Waals surface area (Å²) in [7, 11) is 0. The van der Waals surface area contributed by atoms with Gasteiger partial charge in [0, 0.05) is 6.42 Å². The first-order valence-electron chi connectivity index (χ1n) is 6.80. The maximum Gasteiger partial charge on any atom is 0.334 e. The Morgan fingerprint density at radius 1 is 1.22 bits per heavy atom. The van der Waals surface area contributed by atoms with E-state index in [4.69, 9.17) is 9.84 Å². The SMILES string of the molecule is CCOC(=O)C=C(O)CCCCCCCC(C)O. The summed E-state index contributed by atoms with van der Waals surface area (Å²) in [6.45, 7) is 3.86. The zero-order chi connectivity index (χ0) is 13.8. The van der Waals surface area contributed by atoms with Crippen LogP contribution >= 0.6 is 0 Å². The molecule has 0 aromatic rings. The van der Waals surface area contributed by atoms with Gasteiger partial charge in [0.15, 0.2) is 0 Å². The van der Waals surface area contributed by atoms with E-state index >= 15 is 0 Å². The quantitative estimate of drug-likeness (QED) is 0.273. The van der Waals surface area contributed by atoms with E-state index in [1.54, 1.807) is 13.8 Å². The van der Waals surface area contributed by atoms with Crippen molar-refractivity contribution in [2.75, 3.05) is 6.61 Å². The number of ether oxygens (including phenoxy) is 1. The summed E-state index contributed by atoms with van der Waals surface area (Å²) in [5.74, 6) is -0.385. The van der Waals surface area contributed by atoms with E-state index in [0.29, 0.717) is 13.0 Å². The molecule has 0 aromatic carbocycles. The summed E-state index contributed by atoms with van der Waals surface area (Å²) in [6, 6.07) is 0. The van der Waals surface area contributed by atoms with Crippen LogP contribution in [0.2, 0.25) is 0 Å². The van der Waals surface area contributed by atoms with Crippen molar-refractivity contribution in [3.63, 3.8) is 0 Å². The van der Waals surface area contributed by atoms with Crippen LogP contribution in [0.25, 0.3) is 0 Å². The Bertz CT molecular complexity index is 246. The maximum atomic E-state index is 11.0. The highest BCUT2D eigenvalue weighted by atomic mass is 16.5. The van der Waals surface area contributed by atoms with Crippen LogP contribution in [-0.4, -0.2) is 28.9 Å². The van der Waals surface area contributed by atoms with Crippen molar-refractivity contribution in [1.82, 2.24) is 0 Å². The number of unbranched alkanes of at least 4 members (excludes halogenated alkanes) is 4. The lowest BCUT2D eigenvalue weighted by Gasteiger charge is -2.04. The molecule has 18 heavy (non-hydrogen) atoms. The Kier molecular flexibility index (Phi) is 10.4. The van der Waals surface area contributed by atoms with Crippen LogP contribution in [0.15, 0.2) is 11.8 Å². The van der Waals surface area contributed by atoms with Crippen molar-refractivity contribution in [2.24, 2.45) is 0 Å². The van der Waals surface area contributed by atoms with Crippen molar-refractivity contribution < 1.29 is 19.7 Å². The van der Waals surface area contributed by atoms with Gasteiger partial charge in [-0.1, -0.05) is 25.7 Å². The molecule has 1 unspecified atom stereocenters. The molecule has 0 amide bonds. The highest BCUT2D eigenvalue weighted by Crippen LogP contribution is 2.11. The van der Waals surface area contributed by atoms with E-state index in [2.05, 4.69) is 0 Å². The number of carbonyl (C=O) groups is 1. The van der Waals surface area contributed by atoms with Gasteiger partial charge in [-0.3, -0.25) is 0 Å². The number of hydrogen-bond donors (Lipinski definition) is 2. The minimum absolute atomic E-state index is 0.0948. The van der Waals surface area contributed by atoms with Gasteiger partial charge < -0.3 is 14.9 Å². The Hall–Kier alpha value is -1.03. The molecular formula is C14H26O4. The average Bonchev–Trinajstić information content (AvgIpc) is 2.27. The number of esters is 1. The molecule has 0 aliphatic carbocycles. The molecule has 4 nitrogen and oxygen atoms in total. The largest absolute Gasteiger partial charge is 0.512 e. The molecule has 0 bridgehead atoms. The van der Waals surface area contributed by atoms with Crippen molar-refractivity contribution in [3.8, 4) is 0 Å². The summed E-state index contributed by atoms with van der Waals surface area (Å²) in [6.07, 6.45) is 7.47. The van der Waals surface area contributed by atoms with Crippen LogP contribution in [0, 0.1) is 0 Å². The topological polar surface area (TPSA) is 66.8 Å². The van der Waals surface area contributed by atoms with Gasteiger partial charge in [-0.2, -0.15) is 0 Å². The zero-order valence-electron chi connectivity index (χ0n) is 11.5. The molecule has 2 N–H and O–H groups in total. The fourth-order valence-electron chi connectivity index (χ4n) is 1.67. The molecule has 0 spiro atoms. The van der Waals surface area contributed by atoms with Crippen molar-refractivity contribution in [2.45, 2.75) is 64.9 Å². The van der Waals surface area contributed by atoms with Crippen LogP contribution in [0.4, 0.5) is 0 Å². The van der Waals surface area contributed by atoms with Crippen molar-refractivity contribution >= 4 is 5.97 Å². The second-order valence-corrected chi connectivity index (χ2v) is 4.54. The molecule has 0 rings (SSSR count). The zero-order valence-corrected chi connectivity index (χ0v) is 11.5. The number of aliphatic hydroxyl groups is 2. The molecule has 0 radical (unpaired) electrons. The third kappa shape index (κ3) is 11.5. The monoisotopic (exact) mass is 258 g/mol. The highest BCUT2D eigenvalue weighted by Gasteiger charge is 2.01. The third-order valence-corrected chi connectivity index (χ3v) is 2.63. The van der Waals surface area contributed by atoms with Crippen LogP contribution in [0.1, 0.15) is 58.8 Å². The lowest BCUT2D eigenvalue weighted by atomic mass is 10.1. The van der Waals surface area contributed by atoms with Gasteiger partial charge in [0.05, 0.1) is 24.5 Å². The Morgan fingerprint density at radius 3 is 2.44 bits per heavy atom. The molecule has 106 valence electrons. The van der Waals surface area contributed by atoms with Gasteiger partial charge in [-0.05, 0) is 26.7 Å². The molecule has 0 heterocycles. The standard InChI is InChI=1S/C14H26O4/c1-3-18-14(17)11-13(16)10-8-6-4-5-7-9-12(2)15/h11-12,15-16H,3-10H2,1-2H3. The Morgan fingerprint density at radius 2 is 1.83 bits per heavy atom. The summed E-state index contributed by atoms with van der Waals surface area (Å²) < 4.78 is 4.70. The predicted octanol–water partition coefficient (Wildman–Crippen LogP) is 3.10. The maximum absolute atomic E-state index is 11.0. The van der Waals surface area contributed by atoms with E-state index in [1.807, 2.05) is 0 Å². The van der Waals surface area contributed by atoms with Gasteiger partial charge in [-0.25, -0.2) is 4.79 Å². The molecule has 0 saturated carbocycles. The lowest BCUT2D eigenvalue weighted by molar-refractivity contribution is -0.137. The summed E-state index contributed by atoms with van der Waals surface area (Å²) in [4.78, 5) is 11.0. The third-order valence-electron chi connectivity index (χ3n) is 2.63. The number of allylic oxidation sites excluding steroid dienone is 1. The van der Waals surface area contributed by atoms with Crippen LogP contribution in [0.5, 0.6) is 0 Å². The van der Waals surface area contributed by atoms with E-state index < -0.39 is 5.97 Å². The molecule has 0 aliphatic rings. The molecule has 4 heteroatoms. The lowest BCUT2D eigenvalue weighted by Crippen LogP contribution is -2.01. The van der Waals surface area contributed by atoms with Crippen molar-refractivity contribution in [1.29, 1.82) is 0 Å². The fraction of sp³-hybridized carbons (Fsp3) is 0.786. The van der Waals surface area contributed by atoms with Crippen LogP contribution in [-0.2, 0) is 9.53 Å². The number of hydrogen-bond acceptors (Lipinski definition) is 4. The molecule has 1 atom stereocenters. The molecular weight excluding hydrogens is 232 g/mol. The van der Waals surface area contributed by atoms with Gasteiger partial charge in [0.1, 0.15) is 0 Å². The van der Waals surface area contributed by atoms with E-state index in [-0.39, 0.29) is 11.9 Å².